The summed E-state index contributed by atoms with van der Waals surface area (Å²) >= 11 is 1.33. The lowest BCUT2D eigenvalue weighted by Gasteiger charge is -2.04. The first-order valence-electron chi connectivity index (χ1n) is 6.59. The number of nitrogens with zero attached hydrogens (tertiary/aromatic N) is 6. The lowest BCUT2D eigenvalue weighted by atomic mass is 10.1. The van der Waals surface area contributed by atoms with Crippen molar-refractivity contribution >= 4 is 34.0 Å². The zero-order valence-electron chi connectivity index (χ0n) is 11.5. The lowest BCUT2D eigenvalue weighted by Crippen LogP contribution is -1.91. The van der Waals surface area contributed by atoms with E-state index in [1.54, 1.807) is 41.3 Å². The number of pyridine rings is 1. The van der Waals surface area contributed by atoms with Crippen LogP contribution in [0.15, 0.2) is 59.1 Å². The average molecular weight is 324 g/mol. The topological polar surface area (TPSA) is 99.1 Å². The predicted octanol–water partition coefficient (Wildman–Crippen LogP) is 2.73. The number of rotatable bonds is 3. The van der Waals surface area contributed by atoms with Crippen molar-refractivity contribution in [3.8, 4) is 0 Å². The second-order valence-corrected chi connectivity index (χ2v) is 5.63. The monoisotopic (exact) mass is 324 g/mol. The molecule has 4 aromatic rings. The molecule has 0 aliphatic rings. The molecular formula is C14H8N6O2S. The summed E-state index contributed by atoms with van der Waals surface area (Å²) in [5, 5.41) is 17.2. The molecule has 0 bridgehead atoms. The van der Waals surface area contributed by atoms with Crippen molar-refractivity contribution < 1.29 is 4.92 Å². The largest absolute Gasteiger partial charge is 0.278 e. The van der Waals surface area contributed by atoms with Gasteiger partial charge in [-0.3, -0.25) is 15.1 Å². The lowest BCUT2D eigenvalue weighted by molar-refractivity contribution is -0.383. The minimum atomic E-state index is -0.411. The molecule has 0 fully saturated rings. The highest BCUT2D eigenvalue weighted by molar-refractivity contribution is 7.99. The van der Waals surface area contributed by atoms with Gasteiger partial charge < -0.3 is 0 Å². The number of benzene rings is 1. The van der Waals surface area contributed by atoms with Gasteiger partial charge in [-0.1, -0.05) is 0 Å². The molecule has 23 heavy (non-hydrogen) atoms. The van der Waals surface area contributed by atoms with Gasteiger partial charge in [-0.15, -0.1) is 5.10 Å². The Kier molecular flexibility index (Phi) is 3.12. The van der Waals surface area contributed by atoms with Crippen LogP contribution in [-0.2, 0) is 0 Å². The highest BCUT2D eigenvalue weighted by Crippen LogP contribution is 2.35. The van der Waals surface area contributed by atoms with Crippen LogP contribution in [0.2, 0.25) is 0 Å². The van der Waals surface area contributed by atoms with Gasteiger partial charge in [0.2, 0.25) is 5.16 Å². The Bertz CT molecular complexity index is 1010. The van der Waals surface area contributed by atoms with E-state index in [9.17, 15) is 10.1 Å². The summed E-state index contributed by atoms with van der Waals surface area (Å²) in [6, 6.07) is 6.69. The fourth-order valence-electron chi connectivity index (χ4n) is 2.25. The summed E-state index contributed by atoms with van der Waals surface area (Å²) in [5.41, 5.74) is 0.0297. The van der Waals surface area contributed by atoms with Gasteiger partial charge in [-0.25, -0.2) is 9.50 Å². The van der Waals surface area contributed by atoms with Crippen LogP contribution in [0, 0.1) is 10.1 Å². The smallest absolute Gasteiger partial charge is 0.264 e. The Morgan fingerprint density at radius 1 is 1.17 bits per heavy atom. The maximum atomic E-state index is 11.1. The van der Waals surface area contributed by atoms with Gasteiger partial charge in [0.25, 0.3) is 11.5 Å². The normalized spacial score (nSPS) is 11.1. The van der Waals surface area contributed by atoms with Gasteiger partial charge in [-0.05, 0) is 30.0 Å². The number of nitro benzene ring substituents is 1. The number of fused-ring (bicyclic) bond motifs is 2. The molecule has 1 aromatic carbocycles. The minimum absolute atomic E-state index is 0.0297. The standard InChI is InChI=1S/C14H8N6O2S/c21-20(22)11-2-3-12(9-4-6-15-8-10(9)11)23-14-17-13-16-5-1-7-19(13)18-14/h1-8H. The van der Waals surface area contributed by atoms with Crippen LogP contribution < -0.4 is 0 Å². The molecule has 3 heterocycles. The third-order valence-electron chi connectivity index (χ3n) is 3.25. The summed E-state index contributed by atoms with van der Waals surface area (Å²) < 4.78 is 1.58. The van der Waals surface area contributed by atoms with E-state index in [0.717, 1.165) is 10.3 Å². The van der Waals surface area contributed by atoms with Crippen LogP contribution in [0.25, 0.3) is 16.6 Å². The molecule has 0 atom stereocenters. The molecule has 0 aliphatic heterocycles. The summed E-state index contributed by atoms with van der Waals surface area (Å²) in [4.78, 5) is 24.0. The number of aromatic nitrogens is 5. The molecular weight excluding hydrogens is 316 g/mol. The molecule has 112 valence electrons. The zero-order valence-corrected chi connectivity index (χ0v) is 12.3. The second kappa shape index (κ2) is 5.29. The van der Waals surface area contributed by atoms with Gasteiger partial charge in [0, 0.05) is 41.1 Å². The van der Waals surface area contributed by atoms with Crippen LogP contribution in [-0.4, -0.2) is 29.5 Å². The number of non-ortho nitro benzene ring substituents is 1. The van der Waals surface area contributed by atoms with E-state index in [1.165, 1.54) is 24.0 Å². The molecule has 4 rings (SSSR count). The van der Waals surface area contributed by atoms with E-state index in [0.29, 0.717) is 16.3 Å². The molecule has 0 saturated heterocycles. The van der Waals surface area contributed by atoms with Crippen molar-refractivity contribution in [3.63, 3.8) is 0 Å². The first-order valence-corrected chi connectivity index (χ1v) is 7.40. The SMILES string of the molecule is O=[N+]([O-])c1ccc(Sc2nc3ncccn3n2)c2ccncc12. The zero-order chi connectivity index (χ0) is 15.8. The number of hydrogen-bond acceptors (Lipinski definition) is 7. The molecule has 0 spiro atoms. The van der Waals surface area contributed by atoms with E-state index in [4.69, 9.17) is 0 Å². The van der Waals surface area contributed by atoms with Crippen LogP contribution in [0.3, 0.4) is 0 Å². The third-order valence-corrected chi connectivity index (χ3v) is 4.18. The van der Waals surface area contributed by atoms with Gasteiger partial charge in [0.05, 0.1) is 10.3 Å². The molecule has 8 nitrogen and oxygen atoms in total. The van der Waals surface area contributed by atoms with Crippen LogP contribution in [0.5, 0.6) is 0 Å². The van der Waals surface area contributed by atoms with Crippen LogP contribution in [0.4, 0.5) is 5.69 Å². The first kappa shape index (κ1) is 13.6. The third kappa shape index (κ3) is 2.36. The first-order chi connectivity index (χ1) is 11.2. The highest BCUT2D eigenvalue weighted by atomic mass is 32.2. The maximum Gasteiger partial charge on any atom is 0.278 e. The number of nitro groups is 1. The van der Waals surface area contributed by atoms with E-state index >= 15 is 0 Å². The Morgan fingerprint density at radius 2 is 2.09 bits per heavy atom. The summed E-state index contributed by atoms with van der Waals surface area (Å²) in [5.74, 6) is 0.503. The molecule has 0 saturated carbocycles. The summed E-state index contributed by atoms with van der Waals surface area (Å²) in [6.45, 7) is 0. The quantitative estimate of drug-likeness (QED) is 0.422. The molecule has 0 radical (unpaired) electrons. The average Bonchev–Trinajstić information content (AvgIpc) is 2.97. The number of hydrogen-bond donors (Lipinski definition) is 0. The Balaban J connectivity index is 1.83. The Labute approximate surface area is 133 Å². The minimum Gasteiger partial charge on any atom is -0.264 e. The van der Waals surface area contributed by atoms with Gasteiger partial charge in [-0.2, -0.15) is 4.98 Å². The van der Waals surface area contributed by atoms with E-state index < -0.39 is 4.92 Å². The van der Waals surface area contributed by atoms with Crippen molar-refractivity contribution in [2.45, 2.75) is 10.1 Å². The van der Waals surface area contributed by atoms with Crippen molar-refractivity contribution in [2.75, 3.05) is 0 Å². The van der Waals surface area contributed by atoms with Crippen LogP contribution in [0.1, 0.15) is 0 Å². The maximum absolute atomic E-state index is 11.1. The molecule has 0 amide bonds. The van der Waals surface area contributed by atoms with Gasteiger partial charge >= 0.3 is 0 Å². The summed E-state index contributed by atoms with van der Waals surface area (Å²) in [6.07, 6.45) is 6.51. The Morgan fingerprint density at radius 3 is 2.91 bits per heavy atom. The van der Waals surface area contributed by atoms with Gasteiger partial charge in [0.15, 0.2) is 0 Å². The van der Waals surface area contributed by atoms with E-state index in [1.807, 2.05) is 0 Å². The molecule has 3 aromatic heterocycles. The molecule has 0 aliphatic carbocycles. The molecule has 0 N–H and O–H groups in total. The molecule has 9 heteroatoms. The fourth-order valence-corrected chi connectivity index (χ4v) is 3.13. The summed E-state index contributed by atoms with van der Waals surface area (Å²) in [7, 11) is 0. The predicted molar refractivity (Wildman–Crippen MR) is 83.3 cm³/mol. The second-order valence-electron chi connectivity index (χ2n) is 4.62. The van der Waals surface area contributed by atoms with Crippen molar-refractivity contribution in [3.05, 3.63) is 59.2 Å². The van der Waals surface area contributed by atoms with Gasteiger partial charge in [0.1, 0.15) is 0 Å². The van der Waals surface area contributed by atoms with Crippen molar-refractivity contribution in [1.29, 1.82) is 0 Å². The fraction of sp³-hybridized carbons (Fsp3) is 0. The van der Waals surface area contributed by atoms with E-state index in [2.05, 4.69) is 20.1 Å². The highest BCUT2D eigenvalue weighted by Gasteiger charge is 2.16. The van der Waals surface area contributed by atoms with Crippen molar-refractivity contribution in [1.82, 2.24) is 24.6 Å². The van der Waals surface area contributed by atoms with Crippen LogP contribution >= 0.6 is 11.8 Å². The molecule has 0 unspecified atom stereocenters. The Hall–Kier alpha value is -3.07. The van der Waals surface area contributed by atoms with Crippen molar-refractivity contribution in [2.24, 2.45) is 0 Å². The van der Waals surface area contributed by atoms with E-state index in [-0.39, 0.29) is 5.69 Å².